The fourth-order valence-corrected chi connectivity index (χ4v) is 3.04. The summed E-state index contributed by atoms with van der Waals surface area (Å²) in [5.74, 6) is -0.766. The molecule has 0 heterocycles. The molecular formula is C22H25BrN4O4S. The Morgan fingerprint density at radius 3 is 2.38 bits per heavy atom. The number of nitrogens with one attached hydrogen (secondary N) is 4. The van der Waals surface area contributed by atoms with Crippen molar-refractivity contribution in [2.45, 2.75) is 39.3 Å². The first kappa shape index (κ1) is 25.3. The topological polar surface area (TPSA) is 109 Å². The van der Waals surface area contributed by atoms with Crippen molar-refractivity contribution in [3.63, 3.8) is 0 Å². The summed E-state index contributed by atoms with van der Waals surface area (Å²) in [7, 11) is 0. The van der Waals surface area contributed by atoms with Crippen LogP contribution in [0.5, 0.6) is 5.75 Å². The molecule has 0 saturated carbocycles. The van der Waals surface area contributed by atoms with Crippen LogP contribution < -0.4 is 26.2 Å². The Labute approximate surface area is 200 Å². The van der Waals surface area contributed by atoms with Gasteiger partial charge in [0.05, 0.1) is 11.7 Å². The number of carbonyl (C=O) groups excluding carboxylic acids is 3. The van der Waals surface area contributed by atoms with Gasteiger partial charge in [-0.15, -0.1) is 0 Å². The van der Waals surface area contributed by atoms with E-state index in [-0.39, 0.29) is 30.0 Å². The molecule has 0 fully saturated rings. The molecule has 10 heteroatoms. The van der Waals surface area contributed by atoms with Crippen molar-refractivity contribution in [2.75, 3.05) is 0 Å². The summed E-state index contributed by atoms with van der Waals surface area (Å²) in [6, 6.07) is 14.5. The van der Waals surface area contributed by atoms with Crippen molar-refractivity contribution in [3.8, 4) is 5.75 Å². The number of hydrogen-bond donors (Lipinski definition) is 4. The quantitative estimate of drug-likeness (QED) is 0.314. The van der Waals surface area contributed by atoms with Gasteiger partial charge in [-0.3, -0.25) is 30.6 Å². The number of halogens is 1. The summed E-state index contributed by atoms with van der Waals surface area (Å²) < 4.78 is 6.36. The van der Waals surface area contributed by atoms with Crippen molar-refractivity contribution < 1.29 is 19.1 Å². The first-order valence-corrected chi connectivity index (χ1v) is 11.1. The van der Waals surface area contributed by atoms with Gasteiger partial charge in [0.1, 0.15) is 5.75 Å². The van der Waals surface area contributed by atoms with Crippen LogP contribution in [0.25, 0.3) is 0 Å². The number of hydrogen-bond acceptors (Lipinski definition) is 5. The molecule has 4 N–H and O–H groups in total. The Balaban J connectivity index is 1.74. The highest BCUT2D eigenvalue weighted by molar-refractivity contribution is 9.10. The van der Waals surface area contributed by atoms with E-state index in [9.17, 15) is 14.4 Å². The fourth-order valence-electron chi connectivity index (χ4n) is 2.54. The lowest BCUT2D eigenvalue weighted by atomic mass is 10.2. The van der Waals surface area contributed by atoms with Crippen molar-refractivity contribution in [1.29, 1.82) is 0 Å². The first-order valence-electron chi connectivity index (χ1n) is 9.91. The zero-order valence-corrected chi connectivity index (χ0v) is 20.1. The zero-order valence-electron chi connectivity index (χ0n) is 17.7. The molecule has 2 aromatic carbocycles. The molecule has 0 bridgehead atoms. The monoisotopic (exact) mass is 520 g/mol. The van der Waals surface area contributed by atoms with Crippen molar-refractivity contribution in [2.24, 2.45) is 0 Å². The molecular weight excluding hydrogens is 496 g/mol. The van der Waals surface area contributed by atoms with E-state index in [0.717, 1.165) is 5.56 Å². The highest BCUT2D eigenvalue weighted by Gasteiger charge is 2.16. The Morgan fingerprint density at radius 1 is 1.00 bits per heavy atom. The normalized spacial score (nSPS) is 10.2. The maximum Gasteiger partial charge on any atom is 0.261 e. The highest BCUT2D eigenvalue weighted by Crippen LogP contribution is 2.24. The molecule has 170 valence electrons. The summed E-state index contributed by atoms with van der Waals surface area (Å²) in [4.78, 5) is 36.4. The second kappa shape index (κ2) is 12.8. The Kier molecular flexibility index (Phi) is 10.1. The van der Waals surface area contributed by atoms with Crippen molar-refractivity contribution >= 4 is 51.0 Å². The molecule has 2 rings (SSSR count). The maximum atomic E-state index is 12.6. The standard InChI is InChI=1S/C22H25BrN4O4S/c1-14(2)31-18-9-8-16(23)12-17(18)21(30)25-22(32)27-26-20(29)11-10-19(28)24-13-15-6-4-3-5-7-15/h3-9,12,14H,10-11,13H2,1-2H3,(H,24,28)(H,26,29)(H2,25,27,30,32). The van der Waals surface area contributed by atoms with Crippen LogP contribution in [0.15, 0.2) is 53.0 Å². The van der Waals surface area contributed by atoms with Gasteiger partial charge in [-0.25, -0.2) is 0 Å². The van der Waals surface area contributed by atoms with Gasteiger partial charge in [-0.1, -0.05) is 46.3 Å². The number of rotatable bonds is 8. The van der Waals surface area contributed by atoms with Gasteiger partial charge in [0.15, 0.2) is 5.11 Å². The molecule has 0 aliphatic carbocycles. The fraction of sp³-hybridized carbons (Fsp3) is 0.273. The minimum Gasteiger partial charge on any atom is -0.490 e. The number of carbonyl (C=O) groups is 3. The summed E-state index contributed by atoms with van der Waals surface area (Å²) in [6.45, 7) is 4.11. The van der Waals surface area contributed by atoms with Gasteiger partial charge < -0.3 is 10.1 Å². The van der Waals surface area contributed by atoms with E-state index in [2.05, 4.69) is 37.4 Å². The van der Waals surface area contributed by atoms with Crippen LogP contribution in [0.4, 0.5) is 0 Å². The third-order valence-corrected chi connectivity index (χ3v) is 4.70. The Morgan fingerprint density at radius 2 is 1.69 bits per heavy atom. The molecule has 0 spiro atoms. The van der Waals surface area contributed by atoms with E-state index in [1.165, 1.54) is 0 Å². The molecule has 0 radical (unpaired) electrons. The SMILES string of the molecule is CC(C)Oc1ccc(Br)cc1C(=O)NC(=S)NNC(=O)CCC(=O)NCc1ccccc1. The van der Waals surface area contributed by atoms with Crippen molar-refractivity contribution in [1.82, 2.24) is 21.5 Å². The molecule has 0 saturated heterocycles. The Hall–Kier alpha value is -2.98. The van der Waals surface area contributed by atoms with Gasteiger partial charge in [0.2, 0.25) is 11.8 Å². The highest BCUT2D eigenvalue weighted by atomic mass is 79.9. The smallest absolute Gasteiger partial charge is 0.261 e. The average molecular weight is 521 g/mol. The predicted molar refractivity (Wildman–Crippen MR) is 129 cm³/mol. The van der Waals surface area contributed by atoms with Crippen LogP contribution in [-0.2, 0) is 16.1 Å². The van der Waals surface area contributed by atoms with Crippen LogP contribution in [-0.4, -0.2) is 28.9 Å². The zero-order chi connectivity index (χ0) is 23.5. The molecule has 0 aliphatic rings. The average Bonchev–Trinajstić information content (AvgIpc) is 2.76. The van der Waals surface area contributed by atoms with Crippen LogP contribution in [0.3, 0.4) is 0 Å². The van der Waals surface area contributed by atoms with Gasteiger partial charge in [-0.05, 0) is 49.8 Å². The van der Waals surface area contributed by atoms with Crippen LogP contribution in [0.2, 0.25) is 0 Å². The van der Waals surface area contributed by atoms with E-state index in [4.69, 9.17) is 17.0 Å². The lowest BCUT2D eigenvalue weighted by molar-refractivity contribution is -0.126. The second-order valence-corrected chi connectivity index (χ2v) is 8.35. The molecule has 3 amide bonds. The number of ether oxygens (including phenoxy) is 1. The predicted octanol–water partition coefficient (Wildman–Crippen LogP) is 2.97. The third-order valence-electron chi connectivity index (χ3n) is 4.00. The van der Waals surface area contributed by atoms with Crippen LogP contribution in [0, 0.1) is 0 Å². The van der Waals surface area contributed by atoms with Gasteiger partial charge in [0, 0.05) is 23.9 Å². The first-order chi connectivity index (χ1) is 15.2. The molecule has 0 aromatic heterocycles. The molecule has 0 aliphatic heterocycles. The second-order valence-electron chi connectivity index (χ2n) is 7.03. The number of amides is 3. The molecule has 8 nitrogen and oxygen atoms in total. The van der Waals surface area contributed by atoms with E-state index >= 15 is 0 Å². The van der Waals surface area contributed by atoms with E-state index in [1.54, 1.807) is 18.2 Å². The van der Waals surface area contributed by atoms with E-state index in [1.807, 2.05) is 44.2 Å². The minimum absolute atomic E-state index is 0.0212. The van der Waals surface area contributed by atoms with Crippen LogP contribution in [0.1, 0.15) is 42.6 Å². The number of hydrazine groups is 1. The lowest BCUT2D eigenvalue weighted by Gasteiger charge is -2.15. The molecule has 2 aromatic rings. The van der Waals surface area contributed by atoms with Gasteiger partial charge >= 0.3 is 0 Å². The lowest BCUT2D eigenvalue weighted by Crippen LogP contribution is -2.48. The van der Waals surface area contributed by atoms with E-state index in [0.29, 0.717) is 22.3 Å². The molecule has 0 atom stereocenters. The van der Waals surface area contributed by atoms with Crippen LogP contribution >= 0.6 is 28.1 Å². The van der Waals surface area contributed by atoms with Crippen molar-refractivity contribution in [3.05, 3.63) is 64.1 Å². The summed E-state index contributed by atoms with van der Waals surface area (Å²) in [6.07, 6.45) is -0.132. The number of thiocarbonyl (C=S) groups is 1. The molecule has 0 unspecified atom stereocenters. The summed E-state index contributed by atoms with van der Waals surface area (Å²) >= 11 is 8.38. The summed E-state index contributed by atoms with van der Waals surface area (Å²) in [5.41, 5.74) is 6.08. The van der Waals surface area contributed by atoms with E-state index < -0.39 is 11.8 Å². The Bertz CT molecular complexity index is 970. The van der Waals surface area contributed by atoms with Gasteiger partial charge in [-0.2, -0.15) is 0 Å². The largest absolute Gasteiger partial charge is 0.490 e. The minimum atomic E-state index is -0.492. The third kappa shape index (κ3) is 9.03. The van der Waals surface area contributed by atoms with Gasteiger partial charge in [0.25, 0.3) is 5.91 Å². The number of benzene rings is 2. The summed E-state index contributed by atoms with van der Waals surface area (Å²) in [5, 5.41) is 5.14. The maximum absolute atomic E-state index is 12.6. The molecule has 32 heavy (non-hydrogen) atoms.